The van der Waals surface area contributed by atoms with Gasteiger partial charge < -0.3 is 33.8 Å². The van der Waals surface area contributed by atoms with E-state index in [-0.39, 0.29) is 25.7 Å². The number of phosphoric acid groups is 2. The van der Waals surface area contributed by atoms with Crippen LogP contribution in [-0.2, 0) is 65.4 Å². The summed E-state index contributed by atoms with van der Waals surface area (Å²) in [4.78, 5) is 71.7. The van der Waals surface area contributed by atoms with Gasteiger partial charge in [-0.2, -0.15) is 0 Å². The first-order valence-electron chi connectivity index (χ1n) is 30.9. The highest BCUT2D eigenvalue weighted by molar-refractivity contribution is 7.47. The zero-order chi connectivity index (χ0) is 58.1. The van der Waals surface area contributed by atoms with Crippen molar-refractivity contribution in [3.63, 3.8) is 0 Å². The predicted octanol–water partition coefficient (Wildman–Crippen LogP) is 15.6. The Kier molecular flexibility index (Phi) is 49.5. The topological polar surface area (TPSA) is 237 Å². The van der Waals surface area contributed by atoms with Gasteiger partial charge in [0.25, 0.3) is 0 Å². The molecule has 3 unspecified atom stereocenters. The number of phosphoric ester groups is 2. The van der Waals surface area contributed by atoms with Crippen molar-refractivity contribution in [1.82, 2.24) is 0 Å². The van der Waals surface area contributed by atoms with Crippen molar-refractivity contribution in [2.24, 2.45) is 17.8 Å². The Hall–Kier alpha value is -1.94. The van der Waals surface area contributed by atoms with Gasteiger partial charge in [0, 0.05) is 25.7 Å². The zero-order valence-electron chi connectivity index (χ0n) is 50.1. The third-order valence-corrected chi connectivity index (χ3v) is 15.6. The molecule has 17 nitrogen and oxygen atoms in total. The van der Waals surface area contributed by atoms with E-state index in [4.69, 9.17) is 37.0 Å². The van der Waals surface area contributed by atoms with E-state index in [0.717, 1.165) is 108 Å². The second-order valence-electron chi connectivity index (χ2n) is 22.6. The maximum Gasteiger partial charge on any atom is 0.472 e. The Bertz CT molecular complexity index is 1560. The Morgan fingerprint density at radius 3 is 0.974 bits per heavy atom. The molecule has 0 amide bonds. The first kappa shape index (κ1) is 76.1. The number of unbranched alkanes of at least 4 members (excludes halogenated alkanes) is 24. The summed E-state index contributed by atoms with van der Waals surface area (Å²) >= 11 is 0. The molecule has 78 heavy (non-hydrogen) atoms. The zero-order valence-corrected chi connectivity index (χ0v) is 51.9. The molecule has 0 aliphatic heterocycles. The number of ether oxygens (including phenoxy) is 4. The van der Waals surface area contributed by atoms with Crippen LogP contribution in [-0.4, -0.2) is 96.7 Å². The third-order valence-electron chi connectivity index (χ3n) is 13.7. The first-order valence-corrected chi connectivity index (χ1v) is 33.9. The van der Waals surface area contributed by atoms with E-state index < -0.39 is 97.5 Å². The van der Waals surface area contributed by atoms with Crippen LogP contribution in [0.5, 0.6) is 0 Å². The largest absolute Gasteiger partial charge is 0.472 e. The Morgan fingerprint density at radius 1 is 0.372 bits per heavy atom. The molecule has 0 aromatic heterocycles. The maximum atomic E-state index is 12.9. The molecule has 6 atom stereocenters. The molecule has 0 aromatic carbocycles. The molecule has 0 radical (unpaired) electrons. The van der Waals surface area contributed by atoms with E-state index in [2.05, 4.69) is 48.5 Å². The van der Waals surface area contributed by atoms with E-state index in [1.165, 1.54) is 83.5 Å². The molecular formula is C59H114O17P2. The van der Waals surface area contributed by atoms with Crippen LogP contribution < -0.4 is 0 Å². The fourth-order valence-electron chi connectivity index (χ4n) is 8.56. The smallest absolute Gasteiger partial charge is 0.462 e. The minimum Gasteiger partial charge on any atom is -0.462 e. The number of aliphatic hydroxyl groups is 1. The number of rotatable bonds is 57. The second kappa shape index (κ2) is 50.8. The van der Waals surface area contributed by atoms with Gasteiger partial charge in [0.2, 0.25) is 0 Å². The number of aliphatic hydroxyl groups excluding tert-OH is 1. The summed E-state index contributed by atoms with van der Waals surface area (Å²) in [5.74, 6) is 0.0351. The Morgan fingerprint density at radius 2 is 0.654 bits per heavy atom. The monoisotopic (exact) mass is 1160 g/mol. The summed E-state index contributed by atoms with van der Waals surface area (Å²) in [5, 5.41) is 10.5. The lowest BCUT2D eigenvalue weighted by molar-refractivity contribution is -0.161. The van der Waals surface area contributed by atoms with Crippen molar-refractivity contribution < 1.29 is 80.2 Å². The minimum atomic E-state index is -4.94. The van der Waals surface area contributed by atoms with E-state index in [1.807, 2.05) is 0 Å². The molecule has 19 heteroatoms. The average molecular weight is 1160 g/mol. The molecule has 0 saturated heterocycles. The molecule has 0 aromatic rings. The lowest BCUT2D eigenvalue weighted by atomic mass is 9.99. The second-order valence-corrected chi connectivity index (χ2v) is 25.5. The fraction of sp³-hybridized carbons (Fsp3) is 0.932. The molecule has 0 fully saturated rings. The maximum absolute atomic E-state index is 12.9. The van der Waals surface area contributed by atoms with Gasteiger partial charge in [0.05, 0.1) is 26.4 Å². The normalized spacial score (nSPS) is 14.9. The van der Waals surface area contributed by atoms with Crippen molar-refractivity contribution in [3.8, 4) is 0 Å². The lowest BCUT2D eigenvalue weighted by Crippen LogP contribution is -2.30. The number of hydrogen-bond donors (Lipinski definition) is 3. The number of hydrogen-bond acceptors (Lipinski definition) is 15. The van der Waals surface area contributed by atoms with Gasteiger partial charge in [-0.25, -0.2) is 9.13 Å². The van der Waals surface area contributed by atoms with Crippen LogP contribution in [0.4, 0.5) is 0 Å². The highest BCUT2D eigenvalue weighted by Gasteiger charge is 2.30. The standard InChI is InChI=1S/C59H114O17P2/c1-8-10-11-23-33-40-56(61)69-46-54(75-59(64)43-36-29-22-16-18-25-31-38-51(5)6)48-73-77(65,66)71-44-53(60)45-72-78(67,68)74-49-55(47-70-57(62)41-34-27-20-14-12-17-24-30-37-50(3)4)76-58(63)42-35-28-21-15-13-19-26-32-39-52(7)9-2/h50-55,60H,8-49H2,1-7H3,(H,65,66)(H,67,68)/t52?,53-,54+,55+/m0/s1. The van der Waals surface area contributed by atoms with Gasteiger partial charge in [-0.05, 0) is 43.4 Å². The van der Waals surface area contributed by atoms with Crippen molar-refractivity contribution in [1.29, 1.82) is 0 Å². The Balaban J connectivity index is 5.20. The van der Waals surface area contributed by atoms with Crippen LogP contribution in [0.25, 0.3) is 0 Å². The molecule has 0 heterocycles. The van der Waals surface area contributed by atoms with Gasteiger partial charge in [-0.15, -0.1) is 0 Å². The van der Waals surface area contributed by atoms with Gasteiger partial charge in [0.1, 0.15) is 19.3 Å². The van der Waals surface area contributed by atoms with Crippen LogP contribution in [0.2, 0.25) is 0 Å². The van der Waals surface area contributed by atoms with E-state index in [9.17, 15) is 43.2 Å². The summed E-state index contributed by atoms with van der Waals surface area (Å²) < 4.78 is 67.6. The van der Waals surface area contributed by atoms with Gasteiger partial charge >= 0.3 is 39.5 Å². The van der Waals surface area contributed by atoms with Crippen molar-refractivity contribution in [2.75, 3.05) is 39.6 Å². The van der Waals surface area contributed by atoms with E-state index >= 15 is 0 Å². The molecule has 0 aliphatic rings. The lowest BCUT2D eigenvalue weighted by Gasteiger charge is -2.21. The van der Waals surface area contributed by atoms with Gasteiger partial charge in [-0.1, -0.05) is 228 Å². The highest BCUT2D eigenvalue weighted by atomic mass is 31.2. The van der Waals surface area contributed by atoms with Gasteiger partial charge in [0.15, 0.2) is 12.2 Å². The summed E-state index contributed by atoms with van der Waals surface area (Å²) in [6.07, 6.45) is 29.8. The summed E-state index contributed by atoms with van der Waals surface area (Å²) in [7, 11) is -9.87. The van der Waals surface area contributed by atoms with Crippen LogP contribution in [0.15, 0.2) is 0 Å². The summed E-state index contributed by atoms with van der Waals surface area (Å²) in [5.41, 5.74) is 0. The molecule has 462 valence electrons. The SMILES string of the molecule is CCCCCCCC(=O)OC[C@H](COP(=O)(O)OC[C@H](O)COP(=O)(O)OC[C@@H](COC(=O)CCCCCCCCCCC(C)C)OC(=O)CCCCCCCCCCC(C)CC)OC(=O)CCCCCCCCCC(C)C. The van der Waals surface area contributed by atoms with E-state index in [1.54, 1.807) is 0 Å². The average Bonchev–Trinajstić information content (AvgIpc) is 3.39. The Labute approximate surface area is 473 Å². The summed E-state index contributed by atoms with van der Waals surface area (Å²) in [6.45, 7) is 11.6. The molecule has 0 aliphatic carbocycles. The highest BCUT2D eigenvalue weighted by Crippen LogP contribution is 2.45. The van der Waals surface area contributed by atoms with Crippen molar-refractivity contribution in [2.45, 2.75) is 298 Å². The molecule has 0 bridgehead atoms. The number of carbonyl (C=O) groups excluding carboxylic acids is 4. The molecule has 3 N–H and O–H groups in total. The van der Waals surface area contributed by atoms with Crippen molar-refractivity contribution in [3.05, 3.63) is 0 Å². The van der Waals surface area contributed by atoms with Crippen LogP contribution in [0, 0.1) is 17.8 Å². The minimum absolute atomic E-state index is 0.102. The van der Waals surface area contributed by atoms with Gasteiger partial charge in [-0.3, -0.25) is 37.3 Å². The fourth-order valence-corrected chi connectivity index (χ4v) is 10.1. The molecular weight excluding hydrogens is 1040 g/mol. The molecule has 0 rings (SSSR count). The van der Waals surface area contributed by atoms with Crippen LogP contribution in [0.1, 0.15) is 280 Å². The quantitative estimate of drug-likeness (QED) is 0.0222. The number of esters is 4. The van der Waals surface area contributed by atoms with Crippen LogP contribution >= 0.6 is 15.6 Å². The number of carbonyl (C=O) groups is 4. The van der Waals surface area contributed by atoms with Crippen molar-refractivity contribution >= 4 is 39.5 Å². The summed E-state index contributed by atoms with van der Waals surface area (Å²) in [6, 6.07) is 0. The predicted molar refractivity (Wildman–Crippen MR) is 308 cm³/mol. The molecule has 0 saturated carbocycles. The molecule has 0 spiro atoms. The first-order chi connectivity index (χ1) is 37.3. The van der Waals surface area contributed by atoms with Crippen LogP contribution in [0.3, 0.4) is 0 Å². The van der Waals surface area contributed by atoms with E-state index in [0.29, 0.717) is 31.6 Å². The third kappa shape index (κ3) is 52.2.